The zero-order valence-electron chi connectivity index (χ0n) is 9.60. The summed E-state index contributed by atoms with van der Waals surface area (Å²) in [4.78, 5) is 10.9. The summed E-state index contributed by atoms with van der Waals surface area (Å²) in [6, 6.07) is 3.58. The highest BCUT2D eigenvalue weighted by Gasteiger charge is 2.22. The molecule has 6 nitrogen and oxygen atoms in total. The lowest BCUT2D eigenvalue weighted by Gasteiger charge is -2.13. The minimum Gasteiger partial charge on any atom is -0.398 e. The summed E-state index contributed by atoms with van der Waals surface area (Å²) in [5, 5.41) is 0. The molecule has 0 saturated carbocycles. The number of hydrogen-bond donors (Lipinski definition) is 3. The lowest BCUT2D eigenvalue weighted by molar-refractivity contribution is -0.119. The van der Waals surface area contributed by atoms with Crippen molar-refractivity contribution in [1.82, 2.24) is 4.72 Å². The molecule has 0 saturated heterocycles. The van der Waals surface area contributed by atoms with Crippen molar-refractivity contribution in [2.45, 2.75) is 24.8 Å². The summed E-state index contributed by atoms with van der Waals surface area (Å²) in [5.74, 6) is -0.741. The molecule has 1 unspecified atom stereocenters. The number of carbonyl (C=O) groups is 1. The third-order valence-corrected chi connectivity index (χ3v) is 4.06. The number of hydrogen-bond acceptors (Lipinski definition) is 4. The van der Waals surface area contributed by atoms with E-state index in [9.17, 15) is 13.2 Å². The Bertz CT molecular complexity index is 540. The van der Waals surface area contributed by atoms with Gasteiger partial charge in [-0.2, -0.15) is 4.72 Å². The van der Waals surface area contributed by atoms with Gasteiger partial charge in [0.1, 0.15) is 0 Å². The Morgan fingerprint density at radius 1 is 1.41 bits per heavy atom. The molecule has 0 aliphatic heterocycles. The van der Waals surface area contributed by atoms with Crippen molar-refractivity contribution in [3.8, 4) is 0 Å². The van der Waals surface area contributed by atoms with Crippen molar-refractivity contribution in [3.05, 3.63) is 23.8 Å². The Hall–Kier alpha value is -1.60. The Morgan fingerprint density at radius 2 is 2.00 bits per heavy atom. The van der Waals surface area contributed by atoms with Crippen molar-refractivity contribution in [3.63, 3.8) is 0 Å². The van der Waals surface area contributed by atoms with E-state index in [-0.39, 0.29) is 4.90 Å². The Morgan fingerprint density at radius 3 is 2.53 bits per heavy atom. The van der Waals surface area contributed by atoms with Crippen molar-refractivity contribution >= 4 is 21.6 Å². The van der Waals surface area contributed by atoms with E-state index in [4.69, 9.17) is 11.5 Å². The van der Waals surface area contributed by atoms with E-state index in [1.807, 2.05) is 0 Å². The molecule has 0 aliphatic carbocycles. The normalized spacial score (nSPS) is 13.3. The highest BCUT2D eigenvalue weighted by molar-refractivity contribution is 7.89. The third-order valence-electron chi connectivity index (χ3n) is 2.37. The predicted octanol–water partition coefficient (Wildman–Crippen LogP) is -0.271. The molecule has 7 heteroatoms. The van der Waals surface area contributed by atoms with Gasteiger partial charge in [0.2, 0.25) is 15.9 Å². The van der Waals surface area contributed by atoms with Crippen LogP contribution in [-0.4, -0.2) is 20.4 Å². The van der Waals surface area contributed by atoms with Crippen LogP contribution in [0.1, 0.15) is 12.5 Å². The van der Waals surface area contributed by atoms with E-state index in [2.05, 4.69) is 4.72 Å². The van der Waals surface area contributed by atoms with Crippen LogP contribution in [0.3, 0.4) is 0 Å². The molecule has 0 fully saturated rings. The zero-order valence-corrected chi connectivity index (χ0v) is 10.4. The molecule has 1 aromatic carbocycles. The summed E-state index contributed by atoms with van der Waals surface area (Å²) >= 11 is 0. The van der Waals surface area contributed by atoms with E-state index in [1.165, 1.54) is 19.1 Å². The Balaban J connectivity index is 3.14. The van der Waals surface area contributed by atoms with Crippen LogP contribution >= 0.6 is 0 Å². The number of rotatable bonds is 4. The van der Waals surface area contributed by atoms with E-state index in [1.54, 1.807) is 13.0 Å². The second-order valence-electron chi connectivity index (χ2n) is 3.72. The van der Waals surface area contributed by atoms with Gasteiger partial charge in [-0.15, -0.1) is 0 Å². The molecule has 17 heavy (non-hydrogen) atoms. The van der Waals surface area contributed by atoms with E-state index < -0.39 is 22.0 Å². The largest absolute Gasteiger partial charge is 0.398 e. The van der Waals surface area contributed by atoms with Crippen LogP contribution < -0.4 is 16.2 Å². The molecule has 0 heterocycles. The van der Waals surface area contributed by atoms with Crippen molar-refractivity contribution in [2.24, 2.45) is 5.73 Å². The van der Waals surface area contributed by atoms with Crippen molar-refractivity contribution in [2.75, 3.05) is 5.73 Å². The Kier molecular flexibility index (Phi) is 3.74. The Labute approximate surface area is 100 Å². The SMILES string of the molecule is Cc1c(N)cccc1S(=O)(=O)NC(C)C(N)=O. The molecular weight excluding hydrogens is 242 g/mol. The van der Waals surface area contributed by atoms with Crippen LogP contribution in [0.5, 0.6) is 0 Å². The van der Waals surface area contributed by atoms with Gasteiger partial charge in [0.25, 0.3) is 0 Å². The highest BCUT2D eigenvalue weighted by atomic mass is 32.2. The number of nitrogens with two attached hydrogens (primary N) is 2. The highest BCUT2D eigenvalue weighted by Crippen LogP contribution is 2.20. The predicted molar refractivity (Wildman–Crippen MR) is 64.6 cm³/mol. The number of primary amides is 1. The second kappa shape index (κ2) is 4.72. The fourth-order valence-corrected chi connectivity index (χ4v) is 2.76. The molecule has 0 bridgehead atoms. The number of nitrogens with one attached hydrogen (secondary N) is 1. The van der Waals surface area contributed by atoms with Crippen LogP contribution in [0.25, 0.3) is 0 Å². The van der Waals surface area contributed by atoms with E-state index in [0.717, 1.165) is 0 Å². The van der Waals surface area contributed by atoms with Gasteiger partial charge in [-0.3, -0.25) is 4.79 Å². The topological polar surface area (TPSA) is 115 Å². The zero-order chi connectivity index (χ0) is 13.2. The molecule has 0 spiro atoms. The summed E-state index contributed by atoms with van der Waals surface area (Å²) in [6.07, 6.45) is 0. The smallest absolute Gasteiger partial charge is 0.241 e. The quantitative estimate of drug-likeness (QED) is 0.644. The average Bonchev–Trinajstić information content (AvgIpc) is 2.21. The molecule has 1 amide bonds. The standard InChI is InChI=1S/C10H15N3O3S/c1-6-8(11)4-3-5-9(6)17(15,16)13-7(2)10(12)14/h3-5,7,13H,11H2,1-2H3,(H2,12,14). The van der Waals surface area contributed by atoms with Crippen molar-refractivity contribution in [1.29, 1.82) is 0 Å². The number of sulfonamides is 1. The number of benzene rings is 1. The summed E-state index contributed by atoms with van der Waals surface area (Å²) < 4.78 is 26.1. The molecule has 1 aromatic rings. The monoisotopic (exact) mass is 257 g/mol. The van der Waals surface area contributed by atoms with Gasteiger partial charge in [0, 0.05) is 5.69 Å². The molecule has 5 N–H and O–H groups in total. The second-order valence-corrected chi connectivity index (χ2v) is 5.40. The van der Waals surface area contributed by atoms with Crippen molar-refractivity contribution < 1.29 is 13.2 Å². The molecule has 94 valence electrons. The van der Waals surface area contributed by atoms with Gasteiger partial charge >= 0.3 is 0 Å². The lowest BCUT2D eigenvalue weighted by atomic mass is 10.2. The first-order valence-electron chi connectivity index (χ1n) is 4.92. The minimum atomic E-state index is -3.79. The van der Waals surface area contributed by atoms with Gasteiger partial charge in [-0.05, 0) is 31.5 Å². The lowest BCUT2D eigenvalue weighted by Crippen LogP contribution is -2.42. The third kappa shape index (κ3) is 2.95. The number of amides is 1. The summed E-state index contributed by atoms with van der Waals surface area (Å²) in [7, 11) is -3.79. The number of carbonyl (C=O) groups excluding carboxylic acids is 1. The van der Waals surface area contributed by atoms with Gasteiger partial charge in [0.05, 0.1) is 10.9 Å². The minimum absolute atomic E-state index is 0.0469. The average molecular weight is 257 g/mol. The fraction of sp³-hybridized carbons (Fsp3) is 0.300. The first-order valence-corrected chi connectivity index (χ1v) is 6.40. The first-order chi connectivity index (χ1) is 7.75. The van der Waals surface area contributed by atoms with Gasteiger partial charge in [0.15, 0.2) is 0 Å². The molecule has 1 rings (SSSR count). The molecule has 0 aromatic heterocycles. The van der Waals surface area contributed by atoms with Crippen LogP contribution in [-0.2, 0) is 14.8 Å². The van der Waals surface area contributed by atoms with Gasteiger partial charge < -0.3 is 11.5 Å². The molecule has 0 aliphatic rings. The maximum Gasteiger partial charge on any atom is 0.241 e. The van der Waals surface area contributed by atoms with Gasteiger partial charge in [-0.25, -0.2) is 8.42 Å². The summed E-state index contributed by atoms with van der Waals surface area (Å²) in [5.41, 5.74) is 11.4. The maximum atomic E-state index is 11.9. The van der Waals surface area contributed by atoms with E-state index >= 15 is 0 Å². The summed E-state index contributed by atoms with van der Waals surface area (Å²) in [6.45, 7) is 2.97. The van der Waals surface area contributed by atoms with Crippen LogP contribution in [0.2, 0.25) is 0 Å². The maximum absolute atomic E-state index is 11.9. The van der Waals surface area contributed by atoms with Crippen LogP contribution in [0, 0.1) is 6.92 Å². The number of nitrogen functional groups attached to an aromatic ring is 1. The first kappa shape index (κ1) is 13.5. The van der Waals surface area contributed by atoms with E-state index in [0.29, 0.717) is 11.3 Å². The molecule has 1 atom stereocenters. The molecular formula is C10H15N3O3S. The van der Waals surface area contributed by atoms with Gasteiger partial charge in [-0.1, -0.05) is 6.07 Å². The molecule has 0 radical (unpaired) electrons. The fourth-order valence-electron chi connectivity index (χ4n) is 1.28. The van der Waals surface area contributed by atoms with Crippen LogP contribution in [0.15, 0.2) is 23.1 Å². The van der Waals surface area contributed by atoms with Crippen LogP contribution in [0.4, 0.5) is 5.69 Å². The number of anilines is 1.